The van der Waals surface area contributed by atoms with Crippen molar-refractivity contribution in [2.24, 2.45) is 4.99 Å². The van der Waals surface area contributed by atoms with Gasteiger partial charge in [-0.15, -0.1) is 24.0 Å². The molecule has 0 amide bonds. The second-order valence-electron chi connectivity index (χ2n) is 6.55. The second-order valence-corrected chi connectivity index (χ2v) is 6.55. The van der Waals surface area contributed by atoms with Crippen LogP contribution in [0.5, 0.6) is 0 Å². The fourth-order valence-corrected chi connectivity index (χ4v) is 2.69. The average molecular weight is 489 g/mol. The van der Waals surface area contributed by atoms with Crippen LogP contribution in [0.4, 0.5) is 13.2 Å². The summed E-state index contributed by atoms with van der Waals surface area (Å²) in [5, 5.41) is 10.3. The minimum Gasteiger partial charge on any atom is -0.359 e. The number of guanidine groups is 1. The smallest absolute Gasteiger partial charge is 0.359 e. The maximum atomic E-state index is 12.5. The number of aliphatic imine (C=N–C) groups is 1. The van der Waals surface area contributed by atoms with Crippen LogP contribution < -0.4 is 10.6 Å². The van der Waals surface area contributed by atoms with Crippen molar-refractivity contribution in [3.8, 4) is 0 Å². The topological polar surface area (TPSA) is 65.7 Å². The molecule has 0 aliphatic carbocycles. The summed E-state index contributed by atoms with van der Waals surface area (Å²) in [6.07, 6.45) is -3.51. The van der Waals surface area contributed by atoms with Crippen LogP contribution in [0.25, 0.3) is 0 Å². The summed E-state index contributed by atoms with van der Waals surface area (Å²) in [7, 11) is 0. The Bertz CT molecular complexity index is 576. The van der Waals surface area contributed by atoms with Crippen molar-refractivity contribution in [3.05, 3.63) is 17.5 Å². The van der Waals surface area contributed by atoms with Gasteiger partial charge in [0.15, 0.2) is 11.7 Å². The minimum absolute atomic E-state index is 0. The van der Waals surface area contributed by atoms with Crippen LogP contribution >= 0.6 is 24.0 Å². The number of halogens is 4. The third-order valence-corrected chi connectivity index (χ3v) is 3.92. The Balaban J connectivity index is 0.00000338. The Labute approximate surface area is 169 Å². The van der Waals surface area contributed by atoms with Crippen molar-refractivity contribution in [1.82, 2.24) is 20.7 Å². The zero-order valence-corrected chi connectivity index (χ0v) is 17.6. The first-order chi connectivity index (χ1) is 11.8. The van der Waals surface area contributed by atoms with Gasteiger partial charge in [-0.25, -0.2) is 4.99 Å². The van der Waals surface area contributed by atoms with Gasteiger partial charge in [0, 0.05) is 31.7 Å². The highest BCUT2D eigenvalue weighted by atomic mass is 127. The molecule has 1 atom stereocenters. The number of nitrogens with zero attached hydrogens (tertiary/aromatic N) is 3. The molecule has 1 saturated heterocycles. The lowest BCUT2D eigenvalue weighted by molar-refractivity contribution is -0.143. The maximum Gasteiger partial charge on any atom is 0.401 e. The van der Waals surface area contributed by atoms with Crippen molar-refractivity contribution in [2.75, 3.05) is 26.2 Å². The molecule has 2 N–H and O–H groups in total. The van der Waals surface area contributed by atoms with E-state index in [1.807, 2.05) is 26.8 Å². The highest BCUT2D eigenvalue weighted by Gasteiger charge is 2.34. The minimum atomic E-state index is -4.16. The zero-order chi connectivity index (χ0) is 18.4. The quantitative estimate of drug-likeness (QED) is 0.366. The first-order valence-electron chi connectivity index (χ1n) is 8.56. The van der Waals surface area contributed by atoms with E-state index in [4.69, 9.17) is 4.52 Å². The number of hydrogen-bond acceptors (Lipinski definition) is 4. The molecule has 2 rings (SSSR count). The van der Waals surface area contributed by atoms with E-state index in [0.717, 1.165) is 5.69 Å². The van der Waals surface area contributed by atoms with Crippen molar-refractivity contribution in [2.45, 2.75) is 51.9 Å². The van der Waals surface area contributed by atoms with Crippen LogP contribution in [0.3, 0.4) is 0 Å². The van der Waals surface area contributed by atoms with E-state index in [1.54, 1.807) is 0 Å². The molecule has 1 fully saturated rings. The van der Waals surface area contributed by atoms with Gasteiger partial charge in [0.2, 0.25) is 0 Å². The molecule has 0 saturated carbocycles. The average Bonchev–Trinajstić information content (AvgIpc) is 3.13. The zero-order valence-electron chi connectivity index (χ0n) is 15.3. The van der Waals surface area contributed by atoms with Crippen LogP contribution in [0.15, 0.2) is 15.6 Å². The van der Waals surface area contributed by atoms with Gasteiger partial charge in [-0.3, -0.25) is 4.90 Å². The first kappa shape index (κ1) is 23.0. The standard InChI is InChI=1S/C16H26F3N5O.HI/c1-4-20-15(21-8-13-7-14(11(2)3)23-25-13)22-12-5-6-24(9-12)10-16(17,18)19;/h7,11-12H,4-6,8-10H2,1-3H3,(H2,20,21,22);1H. The van der Waals surface area contributed by atoms with Crippen LogP contribution in [0, 0.1) is 0 Å². The fourth-order valence-electron chi connectivity index (χ4n) is 2.69. The molecule has 1 aliphatic rings. The molecule has 1 aromatic heterocycles. The van der Waals surface area contributed by atoms with Crippen molar-refractivity contribution >= 4 is 29.9 Å². The second kappa shape index (κ2) is 10.3. The lowest BCUT2D eigenvalue weighted by Crippen LogP contribution is -2.45. The third-order valence-electron chi connectivity index (χ3n) is 3.92. The monoisotopic (exact) mass is 489 g/mol. The van der Waals surface area contributed by atoms with Gasteiger partial charge in [-0.2, -0.15) is 13.2 Å². The van der Waals surface area contributed by atoms with Crippen molar-refractivity contribution < 1.29 is 17.7 Å². The van der Waals surface area contributed by atoms with Gasteiger partial charge >= 0.3 is 6.18 Å². The molecule has 0 radical (unpaired) electrons. The van der Waals surface area contributed by atoms with Crippen LogP contribution in [-0.2, 0) is 6.54 Å². The fraction of sp³-hybridized carbons (Fsp3) is 0.750. The van der Waals surface area contributed by atoms with E-state index >= 15 is 0 Å². The molecule has 0 bridgehead atoms. The number of likely N-dealkylation sites (tertiary alicyclic amines) is 1. The lowest BCUT2D eigenvalue weighted by Gasteiger charge is -2.19. The molecular weight excluding hydrogens is 462 g/mol. The summed E-state index contributed by atoms with van der Waals surface area (Å²) < 4.78 is 42.7. The molecule has 0 spiro atoms. The highest BCUT2D eigenvalue weighted by molar-refractivity contribution is 14.0. The number of hydrogen-bond donors (Lipinski definition) is 2. The van der Waals surface area contributed by atoms with Gasteiger partial charge in [0.1, 0.15) is 6.54 Å². The maximum absolute atomic E-state index is 12.5. The van der Waals surface area contributed by atoms with E-state index in [-0.39, 0.29) is 35.9 Å². The number of alkyl halides is 3. The van der Waals surface area contributed by atoms with E-state index in [1.165, 1.54) is 4.90 Å². The molecule has 6 nitrogen and oxygen atoms in total. The molecule has 10 heteroatoms. The van der Waals surface area contributed by atoms with E-state index in [2.05, 4.69) is 20.8 Å². The van der Waals surface area contributed by atoms with Gasteiger partial charge < -0.3 is 15.2 Å². The van der Waals surface area contributed by atoms with Gasteiger partial charge in [-0.05, 0) is 19.3 Å². The van der Waals surface area contributed by atoms with Crippen LogP contribution in [-0.4, -0.2) is 54.4 Å². The molecule has 0 aromatic carbocycles. The molecular formula is C16H27F3IN5O. The molecule has 26 heavy (non-hydrogen) atoms. The summed E-state index contributed by atoms with van der Waals surface area (Å²) in [6.45, 7) is 6.90. The van der Waals surface area contributed by atoms with Crippen molar-refractivity contribution in [3.63, 3.8) is 0 Å². The van der Waals surface area contributed by atoms with E-state index < -0.39 is 12.7 Å². The van der Waals surface area contributed by atoms with Crippen LogP contribution in [0.1, 0.15) is 44.6 Å². The summed E-state index contributed by atoms with van der Waals surface area (Å²) in [6, 6.07) is 1.82. The van der Waals surface area contributed by atoms with Crippen molar-refractivity contribution in [1.29, 1.82) is 0 Å². The summed E-state index contributed by atoms with van der Waals surface area (Å²) in [5.74, 6) is 1.51. The van der Waals surface area contributed by atoms with E-state index in [9.17, 15) is 13.2 Å². The Morgan fingerprint density at radius 1 is 1.46 bits per heavy atom. The highest BCUT2D eigenvalue weighted by Crippen LogP contribution is 2.20. The summed E-state index contributed by atoms with van der Waals surface area (Å²) in [4.78, 5) is 5.85. The molecule has 1 aliphatic heterocycles. The normalized spacial score (nSPS) is 18.9. The Morgan fingerprint density at radius 2 is 2.19 bits per heavy atom. The Kier molecular flexibility index (Phi) is 9.14. The number of rotatable bonds is 6. The predicted octanol–water partition coefficient (Wildman–Crippen LogP) is 3.11. The SMILES string of the molecule is CCNC(=NCc1cc(C(C)C)no1)NC1CCN(CC(F)(F)F)C1.I. The Morgan fingerprint density at radius 3 is 2.77 bits per heavy atom. The molecule has 1 unspecified atom stereocenters. The van der Waals surface area contributed by atoms with Gasteiger partial charge in [0.25, 0.3) is 0 Å². The molecule has 1 aromatic rings. The summed E-state index contributed by atoms with van der Waals surface area (Å²) in [5.41, 5.74) is 0.877. The third kappa shape index (κ3) is 7.68. The lowest BCUT2D eigenvalue weighted by atomic mass is 10.1. The predicted molar refractivity (Wildman–Crippen MR) is 105 cm³/mol. The van der Waals surface area contributed by atoms with Crippen LogP contribution in [0.2, 0.25) is 0 Å². The first-order valence-corrected chi connectivity index (χ1v) is 8.56. The summed E-state index contributed by atoms with van der Waals surface area (Å²) >= 11 is 0. The Hall–Kier alpha value is -1.04. The number of nitrogens with one attached hydrogen (secondary N) is 2. The number of aromatic nitrogens is 1. The molecule has 2 heterocycles. The van der Waals surface area contributed by atoms with Gasteiger partial charge in [-0.1, -0.05) is 19.0 Å². The van der Waals surface area contributed by atoms with Gasteiger partial charge in [0.05, 0.1) is 12.2 Å². The van der Waals surface area contributed by atoms with E-state index in [0.29, 0.717) is 44.3 Å². The molecule has 150 valence electrons. The largest absolute Gasteiger partial charge is 0.401 e.